The van der Waals surface area contributed by atoms with E-state index in [1.807, 2.05) is 36.4 Å². The van der Waals surface area contributed by atoms with Gasteiger partial charge in [-0.05, 0) is 47.9 Å². The highest BCUT2D eigenvalue weighted by Gasteiger charge is 2.11. The number of hydrogen-bond acceptors (Lipinski definition) is 3. The van der Waals surface area contributed by atoms with Crippen LogP contribution < -0.4 is 14.8 Å². The minimum Gasteiger partial charge on any atom is -0.493 e. The maximum atomic E-state index is 5.91. The molecule has 0 fully saturated rings. The predicted octanol–water partition coefficient (Wildman–Crippen LogP) is 5.44. The first kappa shape index (κ1) is 19.1. The number of ether oxygens (including phenoxy) is 2. The van der Waals surface area contributed by atoms with Crippen molar-refractivity contribution in [2.24, 2.45) is 5.92 Å². The van der Waals surface area contributed by atoms with Crippen molar-refractivity contribution in [3.8, 4) is 11.5 Å². The van der Waals surface area contributed by atoms with Crippen LogP contribution in [0, 0.1) is 5.92 Å². The van der Waals surface area contributed by atoms with Crippen LogP contribution in [-0.4, -0.2) is 13.7 Å². The Morgan fingerprint density at radius 3 is 2.46 bits per heavy atom. The molecule has 0 spiro atoms. The molecule has 0 unspecified atom stereocenters. The average molecular weight is 413 g/mol. The molecule has 2 rings (SSSR count). The van der Waals surface area contributed by atoms with Crippen molar-refractivity contribution in [2.75, 3.05) is 13.7 Å². The minimum atomic E-state index is 0.463. The van der Waals surface area contributed by atoms with Crippen molar-refractivity contribution < 1.29 is 9.47 Å². The molecule has 0 bridgehead atoms. The molecule has 0 aliphatic rings. The topological polar surface area (TPSA) is 30.5 Å². The summed E-state index contributed by atoms with van der Waals surface area (Å²) in [4.78, 5) is 0. The fraction of sp³-hybridized carbons (Fsp3) is 0.368. The van der Waals surface area contributed by atoms with Gasteiger partial charge in [-0.2, -0.15) is 0 Å². The lowest BCUT2D eigenvalue weighted by molar-refractivity contribution is 0.284. The summed E-state index contributed by atoms with van der Waals surface area (Å²) in [5.74, 6) is 2.06. The minimum absolute atomic E-state index is 0.463. The third kappa shape index (κ3) is 5.69. The van der Waals surface area contributed by atoms with Crippen molar-refractivity contribution in [3.05, 3.63) is 57.0 Å². The molecule has 24 heavy (non-hydrogen) atoms. The van der Waals surface area contributed by atoms with Crippen LogP contribution >= 0.6 is 27.5 Å². The van der Waals surface area contributed by atoms with Crippen LogP contribution in [0.2, 0.25) is 5.02 Å². The molecule has 1 N–H and O–H groups in total. The van der Waals surface area contributed by atoms with Gasteiger partial charge in [0, 0.05) is 16.0 Å². The van der Waals surface area contributed by atoms with Crippen LogP contribution in [0.4, 0.5) is 0 Å². The Bertz CT molecular complexity index is 659. The van der Waals surface area contributed by atoms with Gasteiger partial charge in [0.1, 0.15) is 6.61 Å². The maximum absolute atomic E-state index is 5.91. The first-order chi connectivity index (χ1) is 11.5. The SMILES string of the molecule is COc1cc(CNCC(C)C)c(Br)cc1OCc1ccc(Cl)cc1. The summed E-state index contributed by atoms with van der Waals surface area (Å²) in [5.41, 5.74) is 2.20. The first-order valence-corrected chi connectivity index (χ1v) is 9.11. The molecule has 0 saturated carbocycles. The second-order valence-electron chi connectivity index (χ2n) is 6.03. The molecule has 0 amide bonds. The normalized spacial score (nSPS) is 10.9. The molecule has 2 aromatic rings. The smallest absolute Gasteiger partial charge is 0.162 e. The number of methoxy groups -OCH3 is 1. The zero-order chi connectivity index (χ0) is 17.5. The van der Waals surface area contributed by atoms with E-state index in [9.17, 15) is 0 Å². The van der Waals surface area contributed by atoms with Crippen LogP contribution in [0.3, 0.4) is 0 Å². The summed E-state index contributed by atoms with van der Waals surface area (Å²) >= 11 is 9.52. The molecular formula is C19H23BrClNO2. The molecule has 0 aliphatic carbocycles. The van der Waals surface area contributed by atoms with Gasteiger partial charge in [0.15, 0.2) is 11.5 Å². The lowest BCUT2D eigenvalue weighted by atomic mass is 10.1. The maximum Gasteiger partial charge on any atom is 0.162 e. The third-order valence-electron chi connectivity index (χ3n) is 3.51. The second kappa shape index (κ2) is 9.30. The van der Waals surface area contributed by atoms with E-state index >= 15 is 0 Å². The lowest BCUT2D eigenvalue weighted by Crippen LogP contribution is -2.19. The molecule has 0 saturated heterocycles. The predicted molar refractivity (Wildman–Crippen MR) is 103 cm³/mol. The van der Waals surface area contributed by atoms with Gasteiger partial charge < -0.3 is 14.8 Å². The third-order valence-corrected chi connectivity index (χ3v) is 4.50. The van der Waals surface area contributed by atoms with E-state index in [1.165, 1.54) is 0 Å². The molecule has 2 aromatic carbocycles. The Morgan fingerprint density at radius 2 is 1.83 bits per heavy atom. The summed E-state index contributed by atoms with van der Waals surface area (Å²) in [7, 11) is 1.66. The van der Waals surface area contributed by atoms with Gasteiger partial charge in [-0.25, -0.2) is 0 Å². The van der Waals surface area contributed by atoms with Crippen molar-refractivity contribution >= 4 is 27.5 Å². The van der Waals surface area contributed by atoms with Gasteiger partial charge in [0.25, 0.3) is 0 Å². The molecular weight excluding hydrogens is 390 g/mol. The van der Waals surface area contributed by atoms with Crippen molar-refractivity contribution in [3.63, 3.8) is 0 Å². The summed E-state index contributed by atoms with van der Waals surface area (Å²) < 4.78 is 12.4. The zero-order valence-corrected chi connectivity index (χ0v) is 16.6. The van der Waals surface area contributed by atoms with Crippen LogP contribution in [0.5, 0.6) is 11.5 Å². The monoisotopic (exact) mass is 411 g/mol. The highest BCUT2D eigenvalue weighted by Crippen LogP contribution is 2.34. The highest BCUT2D eigenvalue weighted by molar-refractivity contribution is 9.10. The van der Waals surface area contributed by atoms with E-state index in [0.717, 1.165) is 39.5 Å². The van der Waals surface area contributed by atoms with E-state index in [0.29, 0.717) is 18.3 Å². The Balaban J connectivity index is 2.06. The van der Waals surface area contributed by atoms with Crippen LogP contribution in [0.25, 0.3) is 0 Å². The highest BCUT2D eigenvalue weighted by atomic mass is 79.9. The van der Waals surface area contributed by atoms with Gasteiger partial charge in [-0.1, -0.05) is 53.5 Å². The van der Waals surface area contributed by atoms with Gasteiger partial charge >= 0.3 is 0 Å². The Labute approximate surface area is 157 Å². The number of halogens is 2. The summed E-state index contributed by atoms with van der Waals surface area (Å²) in [6.45, 7) is 6.60. The van der Waals surface area contributed by atoms with Crippen molar-refractivity contribution in [2.45, 2.75) is 27.0 Å². The Kier molecular flexibility index (Phi) is 7.40. The van der Waals surface area contributed by atoms with Gasteiger partial charge in [-0.3, -0.25) is 0 Å². The molecule has 0 aliphatic heterocycles. The number of hydrogen-bond donors (Lipinski definition) is 1. The van der Waals surface area contributed by atoms with E-state index < -0.39 is 0 Å². The fourth-order valence-corrected chi connectivity index (χ4v) is 2.81. The van der Waals surface area contributed by atoms with Crippen LogP contribution in [-0.2, 0) is 13.2 Å². The fourth-order valence-electron chi connectivity index (χ4n) is 2.22. The van der Waals surface area contributed by atoms with E-state index in [2.05, 4.69) is 35.1 Å². The van der Waals surface area contributed by atoms with Crippen LogP contribution in [0.1, 0.15) is 25.0 Å². The molecule has 130 valence electrons. The van der Waals surface area contributed by atoms with Gasteiger partial charge in [0.05, 0.1) is 7.11 Å². The van der Waals surface area contributed by atoms with Crippen molar-refractivity contribution in [1.82, 2.24) is 5.32 Å². The molecule has 5 heteroatoms. The Morgan fingerprint density at radius 1 is 1.12 bits per heavy atom. The molecule has 0 aromatic heterocycles. The summed E-state index contributed by atoms with van der Waals surface area (Å²) in [5, 5.41) is 4.16. The number of benzene rings is 2. The number of rotatable bonds is 8. The second-order valence-corrected chi connectivity index (χ2v) is 7.33. The Hall–Kier alpha value is -1.23. The van der Waals surface area contributed by atoms with Crippen LogP contribution in [0.15, 0.2) is 40.9 Å². The molecule has 3 nitrogen and oxygen atoms in total. The van der Waals surface area contributed by atoms with E-state index in [4.69, 9.17) is 21.1 Å². The summed E-state index contributed by atoms with van der Waals surface area (Å²) in [6.07, 6.45) is 0. The van der Waals surface area contributed by atoms with E-state index in [-0.39, 0.29) is 0 Å². The standard InChI is InChI=1S/C19H23BrClNO2/c1-13(2)10-22-11-15-8-18(23-3)19(9-17(15)20)24-12-14-4-6-16(21)7-5-14/h4-9,13,22H,10-12H2,1-3H3. The van der Waals surface area contributed by atoms with Gasteiger partial charge in [-0.15, -0.1) is 0 Å². The largest absolute Gasteiger partial charge is 0.493 e. The molecule has 0 heterocycles. The van der Waals surface area contributed by atoms with E-state index in [1.54, 1.807) is 7.11 Å². The molecule has 0 radical (unpaired) electrons. The lowest BCUT2D eigenvalue weighted by Gasteiger charge is -2.15. The average Bonchev–Trinajstić information content (AvgIpc) is 2.55. The first-order valence-electron chi connectivity index (χ1n) is 7.94. The van der Waals surface area contributed by atoms with Crippen molar-refractivity contribution in [1.29, 1.82) is 0 Å². The number of nitrogens with one attached hydrogen (secondary N) is 1. The zero-order valence-electron chi connectivity index (χ0n) is 14.2. The quantitative estimate of drug-likeness (QED) is 0.626. The molecule has 0 atom stereocenters. The summed E-state index contributed by atoms with van der Waals surface area (Å²) in [6, 6.07) is 11.6. The van der Waals surface area contributed by atoms with Gasteiger partial charge in [0.2, 0.25) is 0 Å².